The molecule has 5 rings (SSSR count). The van der Waals surface area contributed by atoms with Crippen molar-refractivity contribution in [1.82, 2.24) is 10.9 Å². The summed E-state index contributed by atoms with van der Waals surface area (Å²) < 4.78 is 11.6. The van der Waals surface area contributed by atoms with Gasteiger partial charge in [0, 0.05) is 10.9 Å². The SMILES string of the molecule is Cc1ccc(CC(=O)O)cc1C1C=CC(=CNNC(=O)Cc2coc3ccc4ccccc4c23)O1. The fourth-order valence-corrected chi connectivity index (χ4v) is 4.35. The van der Waals surface area contributed by atoms with E-state index in [1.165, 1.54) is 0 Å². The summed E-state index contributed by atoms with van der Waals surface area (Å²) in [6.07, 6.45) is 6.71. The van der Waals surface area contributed by atoms with Crippen LogP contribution in [0.15, 0.2) is 89.4 Å². The van der Waals surface area contributed by atoms with Crippen molar-refractivity contribution < 1.29 is 23.8 Å². The second kappa shape index (κ2) is 9.38. The summed E-state index contributed by atoms with van der Waals surface area (Å²) in [4.78, 5) is 23.6. The van der Waals surface area contributed by atoms with Crippen molar-refractivity contribution in [2.45, 2.75) is 25.9 Å². The minimum absolute atomic E-state index is 0.0399. The van der Waals surface area contributed by atoms with Gasteiger partial charge in [-0.15, -0.1) is 0 Å². The minimum atomic E-state index is -0.875. The Hall–Kier alpha value is -4.52. The van der Waals surface area contributed by atoms with E-state index >= 15 is 0 Å². The average molecular weight is 469 g/mol. The highest BCUT2D eigenvalue weighted by Crippen LogP contribution is 2.32. The maximum atomic E-state index is 12.6. The normalized spacial score (nSPS) is 16.0. The van der Waals surface area contributed by atoms with Crippen molar-refractivity contribution >= 4 is 33.6 Å². The Bertz CT molecular complexity index is 1500. The second-order valence-corrected chi connectivity index (χ2v) is 8.50. The maximum Gasteiger partial charge on any atom is 0.307 e. The largest absolute Gasteiger partial charge is 0.481 e. The average Bonchev–Trinajstić information content (AvgIpc) is 3.47. The number of benzene rings is 3. The monoisotopic (exact) mass is 468 g/mol. The van der Waals surface area contributed by atoms with Gasteiger partial charge in [-0.05, 0) is 52.6 Å². The van der Waals surface area contributed by atoms with Crippen LogP contribution in [-0.4, -0.2) is 17.0 Å². The molecule has 3 N–H and O–H groups in total. The van der Waals surface area contributed by atoms with Crippen molar-refractivity contribution in [2.24, 2.45) is 0 Å². The van der Waals surface area contributed by atoms with Crippen molar-refractivity contribution in [1.29, 1.82) is 0 Å². The Morgan fingerprint density at radius 3 is 2.80 bits per heavy atom. The van der Waals surface area contributed by atoms with Gasteiger partial charge in [0.1, 0.15) is 17.4 Å². The van der Waals surface area contributed by atoms with Crippen LogP contribution in [0.2, 0.25) is 0 Å². The Labute approximate surface area is 201 Å². The minimum Gasteiger partial charge on any atom is -0.481 e. The lowest BCUT2D eigenvalue weighted by molar-refractivity contribution is -0.136. The molecule has 1 aliphatic heterocycles. The van der Waals surface area contributed by atoms with Crippen molar-refractivity contribution in [3.05, 3.63) is 107 Å². The van der Waals surface area contributed by atoms with Gasteiger partial charge in [0.15, 0.2) is 0 Å². The van der Waals surface area contributed by atoms with Crippen LogP contribution >= 0.6 is 0 Å². The summed E-state index contributed by atoms with van der Waals surface area (Å²) in [5, 5.41) is 12.1. The molecule has 2 heterocycles. The van der Waals surface area contributed by atoms with Gasteiger partial charge < -0.3 is 19.7 Å². The summed E-state index contributed by atoms with van der Waals surface area (Å²) in [7, 11) is 0. The predicted molar refractivity (Wildman–Crippen MR) is 132 cm³/mol. The zero-order chi connectivity index (χ0) is 24.4. The molecule has 0 bridgehead atoms. The molecule has 0 radical (unpaired) electrons. The zero-order valence-corrected chi connectivity index (χ0v) is 19.1. The van der Waals surface area contributed by atoms with Crippen molar-refractivity contribution in [2.75, 3.05) is 0 Å². The summed E-state index contributed by atoms with van der Waals surface area (Å²) in [5.41, 5.74) is 9.68. The Morgan fingerprint density at radius 2 is 1.94 bits per heavy atom. The molecular formula is C28H24N2O5. The molecule has 7 heteroatoms. The smallest absolute Gasteiger partial charge is 0.307 e. The number of carbonyl (C=O) groups excluding carboxylic acids is 1. The first-order valence-electron chi connectivity index (χ1n) is 11.3. The highest BCUT2D eigenvalue weighted by Gasteiger charge is 2.19. The number of carbonyl (C=O) groups is 2. The van der Waals surface area contributed by atoms with Crippen LogP contribution in [0, 0.1) is 6.92 Å². The number of allylic oxidation sites excluding steroid dienone is 1. The third-order valence-electron chi connectivity index (χ3n) is 6.02. The molecule has 3 aromatic carbocycles. The van der Waals surface area contributed by atoms with Gasteiger partial charge in [-0.1, -0.05) is 48.5 Å². The fraction of sp³-hybridized carbons (Fsp3) is 0.143. The van der Waals surface area contributed by atoms with Crippen molar-refractivity contribution in [3.8, 4) is 0 Å². The van der Waals surface area contributed by atoms with Crippen LogP contribution in [-0.2, 0) is 27.2 Å². The number of fused-ring (bicyclic) bond motifs is 3. The van der Waals surface area contributed by atoms with Gasteiger partial charge in [-0.2, -0.15) is 0 Å². The zero-order valence-electron chi connectivity index (χ0n) is 19.1. The third kappa shape index (κ3) is 4.75. The third-order valence-corrected chi connectivity index (χ3v) is 6.02. The highest BCUT2D eigenvalue weighted by molar-refractivity contribution is 6.08. The molecule has 0 saturated heterocycles. The van der Waals surface area contributed by atoms with E-state index in [1.54, 1.807) is 12.5 Å². The standard InChI is InChI=1S/C28H24N2O5/c1-17-6-7-18(13-27(32)33)12-23(17)24-11-9-21(35-24)15-29-30-26(31)14-20-16-34-25-10-8-19-4-2-3-5-22(19)28(20)25/h2-12,15-16,24,29H,13-14H2,1H3,(H,30,31)(H,32,33). The lowest BCUT2D eigenvalue weighted by atomic mass is 9.99. The number of rotatable bonds is 7. The molecule has 1 atom stereocenters. The lowest BCUT2D eigenvalue weighted by Crippen LogP contribution is -2.35. The van der Waals surface area contributed by atoms with Gasteiger partial charge in [0.25, 0.3) is 0 Å². The Kier molecular flexibility index (Phi) is 5.97. The van der Waals surface area contributed by atoms with E-state index in [-0.39, 0.29) is 24.9 Å². The maximum absolute atomic E-state index is 12.6. The Balaban J connectivity index is 1.21. The first kappa shape index (κ1) is 22.3. The summed E-state index contributed by atoms with van der Waals surface area (Å²) in [6.45, 7) is 1.96. The van der Waals surface area contributed by atoms with Crippen LogP contribution in [0.5, 0.6) is 0 Å². The van der Waals surface area contributed by atoms with E-state index in [0.29, 0.717) is 5.76 Å². The van der Waals surface area contributed by atoms with Crippen LogP contribution in [0.25, 0.3) is 21.7 Å². The molecule has 0 spiro atoms. The first-order chi connectivity index (χ1) is 17.0. The number of ether oxygens (including phenoxy) is 1. The molecule has 176 valence electrons. The van der Waals surface area contributed by atoms with Crippen LogP contribution in [0.1, 0.15) is 28.4 Å². The van der Waals surface area contributed by atoms with Gasteiger partial charge >= 0.3 is 5.97 Å². The molecule has 0 saturated carbocycles. The number of aliphatic carboxylic acids is 1. The summed E-state index contributed by atoms with van der Waals surface area (Å²) >= 11 is 0. The fourth-order valence-electron chi connectivity index (χ4n) is 4.35. The first-order valence-corrected chi connectivity index (χ1v) is 11.3. The van der Waals surface area contributed by atoms with E-state index in [9.17, 15) is 9.59 Å². The molecule has 1 unspecified atom stereocenters. The number of hydrogen-bond acceptors (Lipinski definition) is 5. The van der Waals surface area contributed by atoms with Gasteiger partial charge in [0.2, 0.25) is 5.91 Å². The van der Waals surface area contributed by atoms with Gasteiger partial charge in [-0.25, -0.2) is 0 Å². The highest BCUT2D eigenvalue weighted by atomic mass is 16.5. The van der Waals surface area contributed by atoms with Gasteiger partial charge in [-0.3, -0.25) is 15.0 Å². The predicted octanol–water partition coefficient (Wildman–Crippen LogP) is 4.85. The number of nitrogens with one attached hydrogen (secondary N) is 2. The Morgan fingerprint density at radius 1 is 1.09 bits per heavy atom. The summed E-state index contributed by atoms with van der Waals surface area (Å²) in [5.74, 6) is -0.536. The molecule has 1 amide bonds. The van der Waals surface area contributed by atoms with Crippen molar-refractivity contribution in [3.63, 3.8) is 0 Å². The lowest BCUT2D eigenvalue weighted by Gasteiger charge is -2.15. The molecule has 4 aromatic rings. The number of aryl methyl sites for hydroxylation is 1. The number of furan rings is 1. The quantitative estimate of drug-likeness (QED) is 0.335. The number of carboxylic acid groups (broad SMARTS) is 1. The van der Waals surface area contributed by atoms with E-state index in [1.807, 2.05) is 73.7 Å². The summed E-state index contributed by atoms with van der Waals surface area (Å²) in [6, 6.07) is 17.5. The number of amides is 1. The van der Waals surface area contributed by atoms with Crippen LogP contribution in [0.4, 0.5) is 0 Å². The van der Waals surface area contributed by atoms with E-state index in [0.717, 1.165) is 44.0 Å². The molecule has 0 fully saturated rings. The molecule has 0 aliphatic carbocycles. The number of hydrazine groups is 1. The molecule has 1 aliphatic rings. The van der Waals surface area contributed by atoms with Crippen LogP contribution < -0.4 is 10.9 Å². The number of carboxylic acids is 1. The second-order valence-electron chi connectivity index (χ2n) is 8.50. The van der Waals surface area contributed by atoms with E-state index in [4.69, 9.17) is 14.3 Å². The molecule has 1 aromatic heterocycles. The van der Waals surface area contributed by atoms with Gasteiger partial charge in [0.05, 0.1) is 25.3 Å². The topological polar surface area (TPSA) is 101 Å². The van der Waals surface area contributed by atoms with Crippen LogP contribution in [0.3, 0.4) is 0 Å². The number of hydrogen-bond donors (Lipinski definition) is 3. The molecule has 35 heavy (non-hydrogen) atoms. The molecular weight excluding hydrogens is 444 g/mol. The van der Waals surface area contributed by atoms with E-state index in [2.05, 4.69) is 10.9 Å². The molecule has 7 nitrogen and oxygen atoms in total. The van der Waals surface area contributed by atoms with E-state index < -0.39 is 5.97 Å².